The van der Waals surface area contributed by atoms with Crippen LogP contribution in [0.1, 0.15) is 68.1 Å². The van der Waals surface area contributed by atoms with Gasteiger partial charge < -0.3 is 15.8 Å². The van der Waals surface area contributed by atoms with Crippen molar-refractivity contribution in [1.82, 2.24) is 10.2 Å². The molecule has 35 heavy (non-hydrogen) atoms. The molecular formula is C28H34N4O3. The summed E-state index contributed by atoms with van der Waals surface area (Å²) < 4.78 is 6.08. The molecule has 184 valence electrons. The average molecular weight is 475 g/mol. The van der Waals surface area contributed by atoms with Crippen LogP contribution < -0.4 is 15.8 Å². The summed E-state index contributed by atoms with van der Waals surface area (Å²) in [5.74, 6) is 0.768. The molecule has 7 heteroatoms. The van der Waals surface area contributed by atoms with E-state index in [1.807, 2.05) is 64.1 Å². The second-order valence-electron chi connectivity index (χ2n) is 10.3. The highest BCUT2D eigenvalue weighted by Gasteiger charge is 2.40. The van der Waals surface area contributed by atoms with Crippen LogP contribution in [0, 0.1) is 5.92 Å². The molecule has 2 amide bonds. The number of nitrogens with zero attached hydrogens (tertiary/aromatic N) is 2. The van der Waals surface area contributed by atoms with Gasteiger partial charge in [0.25, 0.3) is 5.91 Å². The Bertz CT molecular complexity index is 1190. The van der Waals surface area contributed by atoms with E-state index in [9.17, 15) is 9.59 Å². The van der Waals surface area contributed by atoms with E-state index in [1.165, 1.54) is 4.90 Å². The lowest BCUT2D eigenvalue weighted by Gasteiger charge is -2.38. The molecule has 3 N–H and O–H groups in total. The van der Waals surface area contributed by atoms with Crippen LogP contribution in [0.4, 0.5) is 0 Å². The van der Waals surface area contributed by atoms with Crippen LogP contribution in [0.15, 0.2) is 66.2 Å². The zero-order valence-electron chi connectivity index (χ0n) is 20.9. The molecule has 0 saturated carbocycles. The highest BCUT2D eigenvalue weighted by atomic mass is 16.5. The maximum Gasteiger partial charge on any atom is 0.251 e. The third-order valence-corrected chi connectivity index (χ3v) is 6.90. The van der Waals surface area contributed by atoms with Gasteiger partial charge in [-0.2, -0.15) is 0 Å². The Kier molecular flexibility index (Phi) is 6.45. The predicted molar refractivity (Wildman–Crippen MR) is 137 cm³/mol. The molecule has 0 aliphatic carbocycles. The summed E-state index contributed by atoms with van der Waals surface area (Å²) in [6.45, 7) is 12.2. The van der Waals surface area contributed by atoms with Gasteiger partial charge in [-0.15, -0.1) is 6.58 Å². The molecule has 0 spiro atoms. The van der Waals surface area contributed by atoms with E-state index in [4.69, 9.17) is 10.5 Å². The molecule has 2 aromatic rings. The normalized spacial score (nSPS) is 23.2. The number of carbonyl (C=O) groups excluding carboxylic acids is 2. The van der Waals surface area contributed by atoms with Crippen molar-refractivity contribution in [1.29, 1.82) is 0 Å². The Labute approximate surface area is 207 Å². The molecule has 7 nitrogen and oxygen atoms in total. The quantitative estimate of drug-likeness (QED) is 0.609. The Morgan fingerprint density at radius 1 is 1.29 bits per heavy atom. The number of guanidine groups is 1. The number of nitrogens with one attached hydrogen (secondary N) is 1. The van der Waals surface area contributed by atoms with Gasteiger partial charge in [-0.1, -0.05) is 50.3 Å². The number of ether oxygens (including phenoxy) is 1. The van der Waals surface area contributed by atoms with Gasteiger partial charge in [0.15, 0.2) is 5.96 Å². The van der Waals surface area contributed by atoms with Crippen molar-refractivity contribution >= 4 is 17.8 Å². The van der Waals surface area contributed by atoms with Crippen molar-refractivity contribution in [3.05, 3.63) is 77.9 Å². The first-order valence-electron chi connectivity index (χ1n) is 12.0. The topological polar surface area (TPSA) is 97.0 Å². The molecule has 2 atom stereocenters. The summed E-state index contributed by atoms with van der Waals surface area (Å²) >= 11 is 0. The van der Waals surface area contributed by atoms with Crippen LogP contribution >= 0.6 is 0 Å². The molecule has 2 heterocycles. The Balaban J connectivity index is 1.52. The summed E-state index contributed by atoms with van der Waals surface area (Å²) in [7, 11) is 0. The number of aliphatic imine (C=N–C) groups is 1. The molecule has 0 saturated heterocycles. The smallest absolute Gasteiger partial charge is 0.251 e. The SMILES string of the molecule is C=C[C@@]1(C(C)C)CC(=O)N(Cc2cccc(C(=O)NC3CC(C)(C)Oc4ccccc43)c2)C(N)=N1. The van der Waals surface area contributed by atoms with Gasteiger partial charge in [-0.05, 0) is 43.5 Å². The third kappa shape index (κ3) is 4.94. The van der Waals surface area contributed by atoms with Crippen LogP contribution in [0.25, 0.3) is 0 Å². The summed E-state index contributed by atoms with van der Waals surface area (Å²) in [4.78, 5) is 32.3. The van der Waals surface area contributed by atoms with E-state index in [1.54, 1.807) is 18.2 Å². The fourth-order valence-corrected chi connectivity index (χ4v) is 4.80. The lowest BCUT2D eigenvalue weighted by atomic mass is 9.82. The predicted octanol–water partition coefficient (Wildman–Crippen LogP) is 4.35. The van der Waals surface area contributed by atoms with Crippen molar-refractivity contribution < 1.29 is 14.3 Å². The van der Waals surface area contributed by atoms with Crippen LogP contribution in [-0.2, 0) is 11.3 Å². The summed E-state index contributed by atoms with van der Waals surface area (Å²) in [6.07, 6.45) is 2.58. The molecule has 2 aliphatic heterocycles. The van der Waals surface area contributed by atoms with Gasteiger partial charge in [-0.3, -0.25) is 14.5 Å². The minimum Gasteiger partial charge on any atom is -0.487 e. The van der Waals surface area contributed by atoms with Crippen LogP contribution in [0.3, 0.4) is 0 Å². The van der Waals surface area contributed by atoms with Crippen LogP contribution in [0.5, 0.6) is 5.75 Å². The first kappa shape index (κ1) is 24.5. The standard InChI is InChI=1S/C28H34N4O3/c1-6-28(18(2)3)16-24(33)32(26(29)31-28)17-19-10-9-11-20(14-19)25(34)30-22-15-27(4,5)35-23-13-8-7-12-21(22)23/h6-14,18,22H,1,15-17H2,2-5H3,(H2,29,31)(H,30,34)/t22?,28-/m0/s1. The fraction of sp³-hybridized carbons (Fsp3) is 0.393. The Hall–Kier alpha value is -3.61. The maximum absolute atomic E-state index is 13.2. The van der Waals surface area contributed by atoms with Gasteiger partial charge in [0, 0.05) is 17.5 Å². The number of benzene rings is 2. The van der Waals surface area contributed by atoms with E-state index in [0.717, 1.165) is 16.9 Å². The highest BCUT2D eigenvalue weighted by molar-refractivity contribution is 5.99. The molecule has 2 aliphatic rings. The number of hydrogen-bond acceptors (Lipinski definition) is 5. The monoisotopic (exact) mass is 474 g/mol. The first-order chi connectivity index (χ1) is 16.5. The molecule has 2 aromatic carbocycles. The van der Waals surface area contributed by atoms with Crippen molar-refractivity contribution in [2.24, 2.45) is 16.6 Å². The minimum atomic E-state index is -0.687. The van der Waals surface area contributed by atoms with E-state index in [-0.39, 0.29) is 42.7 Å². The molecule has 1 unspecified atom stereocenters. The zero-order chi connectivity index (χ0) is 25.4. The number of para-hydroxylation sites is 1. The maximum atomic E-state index is 13.2. The second-order valence-corrected chi connectivity index (χ2v) is 10.3. The zero-order valence-corrected chi connectivity index (χ0v) is 20.9. The van der Waals surface area contributed by atoms with Crippen molar-refractivity contribution in [2.75, 3.05) is 0 Å². The lowest BCUT2D eigenvalue weighted by Crippen LogP contribution is -2.52. The van der Waals surface area contributed by atoms with Gasteiger partial charge in [0.05, 0.1) is 24.5 Å². The third-order valence-electron chi connectivity index (χ3n) is 6.90. The molecule has 0 bridgehead atoms. The van der Waals surface area contributed by atoms with E-state index >= 15 is 0 Å². The molecular weight excluding hydrogens is 440 g/mol. The van der Waals surface area contributed by atoms with Crippen molar-refractivity contribution in [2.45, 2.75) is 64.3 Å². The Morgan fingerprint density at radius 2 is 2.03 bits per heavy atom. The number of rotatable bonds is 6. The van der Waals surface area contributed by atoms with Crippen LogP contribution in [-0.4, -0.2) is 33.8 Å². The van der Waals surface area contributed by atoms with E-state index in [2.05, 4.69) is 16.9 Å². The van der Waals surface area contributed by atoms with Crippen molar-refractivity contribution in [3.63, 3.8) is 0 Å². The minimum absolute atomic E-state index is 0.0944. The number of nitrogens with two attached hydrogens (primary N) is 1. The largest absolute Gasteiger partial charge is 0.487 e. The van der Waals surface area contributed by atoms with Gasteiger partial charge in [-0.25, -0.2) is 4.99 Å². The summed E-state index contributed by atoms with van der Waals surface area (Å²) in [6, 6.07) is 14.9. The summed E-state index contributed by atoms with van der Waals surface area (Å²) in [5, 5.41) is 3.17. The number of amides is 2. The highest BCUT2D eigenvalue weighted by Crippen LogP contribution is 2.39. The van der Waals surface area contributed by atoms with Gasteiger partial charge in [0.2, 0.25) is 5.91 Å². The Morgan fingerprint density at radius 3 is 2.71 bits per heavy atom. The number of carbonyl (C=O) groups is 2. The second kappa shape index (κ2) is 9.21. The number of hydrogen-bond donors (Lipinski definition) is 2. The fourth-order valence-electron chi connectivity index (χ4n) is 4.80. The summed E-state index contributed by atoms with van der Waals surface area (Å²) in [5.41, 5.74) is 7.42. The van der Waals surface area contributed by atoms with E-state index in [0.29, 0.717) is 12.0 Å². The van der Waals surface area contributed by atoms with Gasteiger partial charge in [0.1, 0.15) is 11.4 Å². The van der Waals surface area contributed by atoms with Crippen molar-refractivity contribution in [3.8, 4) is 5.75 Å². The van der Waals surface area contributed by atoms with Crippen LogP contribution in [0.2, 0.25) is 0 Å². The van der Waals surface area contributed by atoms with Gasteiger partial charge >= 0.3 is 0 Å². The first-order valence-corrected chi connectivity index (χ1v) is 12.0. The van der Waals surface area contributed by atoms with E-state index < -0.39 is 11.1 Å². The molecule has 0 fully saturated rings. The lowest BCUT2D eigenvalue weighted by molar-refractivity contribution is -0.130. The number of fused-ring (bicyclic) bond motifs is 1. The molecule has 0 aromatic heterocycles. The molecule has 0 radical (unpaired) electrons. The molecule has 4 rings (SSSR count). The average Bonchev–Trinajstić information content (AvgIpc) is 2.80.